The van der Waals surface area contributed by atoms with Crippen LogP contribution in [0.2, 0.25) is 0 Å². The summed E-state index contributed by atoms with van der Waals surface area (Å²) in [5.41, 5.74) is 1.29. The lowest BCUT2D eigenvalue weighted by Gasteiger charge is -2.17. The minimum atomic E-state index is 0.277. The summed E-state index contributed by atoms with van der Waals surface area (Å²) < 4.78 is 5.59. The van der Waals surface area contributed by atoms with Gasteiger partial charge in [0.05, 0.1) is 12.3 Å². The molecule has 2 aromatic rings. The minimum absolute atomic E-state index is 0.277. The zero-order valence-electron chi connectivity index (χ0n) is 12.0. The lowest BCUT2D eigenvalue weighted by molar-refractivity contribution is 0.501. The Hall–Kier alpha value is -1.06. The molecule has 0 saturated carbocycles. The van der Waals surface area contributed by atoms with E-state index in [4.69, 9.17) is 4.42 Å². The van der Waals surface area contributed by atoms with Gasteiger partial charge >= 0.3 is 0 Å². The molecule has 3 heteroatoms. The van der Waals surface area contributed by atoms with E-state index in [1.165, 1.54) is 15.3 Å². The molecule has 0 saturated heterocycles. The van der Waals surface area contributed by atoms with Crippen LogP contribution >= 0.6 is 11.3 Å². The zero-order chi connectivity index (χ0) is 13.7. The summed E-state index contributed by atoms with van der Waals surface area (Å²) in [6.45, 7) is 7.58. The van der Waals surface area contributed by atoms with E-state index in [0.717, 1.165) is 31.6 Å². The van der Waals surface area contributed by atoms with Gasteiger partial charge in [0.1, 0.15) is 5.76 Å². The molecule has 0 aliphatic rings. The maximum atomic E-state index is 5.59. The van der Waals surface area contributed by atoms with E-state index < -0.39 is 0 Å². The van der Waals surface area contributed by atoms with Crippen molar-refractivity contribution in [3.8, 4) is 0 Å². The van der Waals surface area contributed by atoms with Crippen LogP contribution in [0.5, 0.6) is 0 Å². The smallest absolute Gasteiger partial charge is 0.108 e. The van der Waals surface area contributed by atoms with E-state index in [1.54, 1.807) is 0 Å². The number of nitrogens with one attached hydrogen (secondary N) is 1. The normalized spacial score (nSPS) is 12.8. The Morgan fingerprint density at radius 3 is 2.63 bits per heavy atom. The highest BCUT2D eigenvalue weighted by Crippen LogP contribution is 2.31. The fraction of sp³-hybridized carbons (Fsp3) is 0.500. The third-order valence-corrected chi connectivity index (χ3v) is 4.62. The van der Waals surface area contributed by atoms with Crippen LogP contribution in [0.4, 0.5) is 0 Å². The first kappa shape index (κ1) is 14.4. The second-order valence-electron chi connectivity index (χ2n) is 4.70. The van der Waals surface area contributed by atoms with Crippen molar-refractivity contribution in [1.29, 1.82) is 0 Å². The largest absolute Gasteiger partial charge is 0.469 e. The van der Waals surface area contributed by atoms with Gasteiger partial charge in [0.15, 0.2) is 0 Å². The number of hydrogen-bond donors (Lipinski definition) is 1. The van der Waals surface area contributed by atoms with Gasteiger partial charge in [-0.1, -0.05) is 20.8 Å². The second-order valence-corrected chi connectivity index (χ2v) is 5.90. The topological polar surface area (TPSA) is 25.2 Å². The van der Waals surface area contributed by atoms with Crippen molar-refractivity contribution < 1.29 is 4.42 Å². The molecule has 0 aromatic carbocycles. The lowest BCUT2D eigenvalue weighted by atomic mass is 10.0. The maximum Gasteiger partial charge on any atom is 0.108 e. The molecule has 0 fully saturated rings. The zero-order valence-corrected chi connectivity index (χ0v) is 12.8. The predicted molar refractivity (Wildman–Crippen MR) is 81.9 cm³/mol. The molecule has 2 heterocycles. The van der Waals surface area contributed by atoms with Gasteiger partial charge in [-0.25, -0.2) is 0 Å². The Morgan fingerprint density at radius 2 is 2.00 bits per heavy atom. The molecule has 1 atom stereocenters. The highest BCUT2D eigenvalue weighted by atomic mass is 32.1. The Kier molecular flexibility index (Phi) is 5.23. The van der Waals surface area contributed by atoms with Crippen molar-refractivity contribution in [2.75, 3.05) is 6.54 Å². The fourth-order valence-electron chi connectivity index (χ4n) is 2.29. The van der Waals surface area contributed by atoms with E-state index in [1.807, 2.05) is 17.6 Å². The summed E-state index contributed by atoms with van der Waals surface area (Å²) in [6, 6.07) is 6.88. The van der Waals surface area contributed by atoms with Crippen LogP contribution in [0.25, 0.3) is 0 Å². The summed E-state index contributed by atoms with van der Waals surface area (Å²) >= 11 is 1.90. The molecule has 19 heavy (non-hydrogen) atoms. The molecule has 2 nitrogen and oxygen atoms in total. The van der Waals surface area contributed by atoms with Crippen LogP contribution in [0.1, 0.15) is 54.3 Å². The first-order chi connectivity index (χ1) is 9.30. The number of hydrogen-bond acceptors (Lipinski definition) is 3. The Balaban J connectivity index is 2.29. The average Bonchev–Trinajstić information content (AvgIpc) is 3.08. The summed E-state index contributed by atoms with van der Waals surface area (Å²) in [7, 11) is 0. The van der Waals surface area contributed by atoms with Gasteiger partial charge in [-0.05, 0) is 37.6 Å². The van der Waals surface area contributed by atoms with E-state index in [-0.39, 0.29) is 6.04 Å². The quantitative estimate of drug-likeness (QED) is 0.803. The molecule has 1 unspecified atom stereocenters. The van der Waals surface area contributed by atoms with Crippen LogP contribution in [0.3, 0.4) is 0 Å². The van der Waals surface area contributed by atoms with Crippen molar-refractivity contribution in [3.05, 3.63) is 45.5 Å². The molecule has 0 bridgehead atoms. The van der Waals surface area contributed by atoms with Gasteiger partial charge in [-0.3, -0.25) is 0 Å². The van der Waals surface area contributed by atoms with Crippen LogP contribution in [-0.4, -0.2) is 6.54 Å². The Morgan fingerprint density at radius 1 is 1.16 bits per heavy atom. The van der Waals surface area contributed by atoms with Crippen LogP contribution in [-0.2, 0) is 12.8 Å². The highest BCUT2D eigenvalue weighted by molar-refractivity contribution is 7.12. The van der Waals surface area contributed by atoms with Crippen molar-refractivity contribution >= 4 is 11.3 Å². The summed E-state index contributed by atoms with van der Waals surface area (Å²) in [6.07, 6.45) is 5.00. The Bertz CT molecular complexity index is 500. The van der Waals surface area contributed by atoms with Crippen LogP contribution < -0.4 is 5.32 Å². The Labute approximate surface area is 119 Å². The SMILES string of the molecule is CCCNC(c1ccc(CC)s1)c1ccoc1CC. The highest BCUT2D eigenvalue weighted by Gasteiger charge is 2.19. The molecule has 2 aromatic heterocycles. The summed E-state index contributed by atoms with van der Waals surface area (Å²) in [5, 5.41) is 3.65. The minimum Gasteiger partial charge on any atom is -0.469 e. The molecule has 0 spiro atoms. The fourth-order valence-corrected chi connectivity index (χ4v) is 3.33. The molecule has 0 radical (unpaired) electrons. The van der Waals surface area contributed by atoms with Gasteiger partial charge in [-0.2, -0.15) is 0 Å². The lowest BCUT2D eigenvalue weighted by Crippen LogP contribution is -2.22. The molecule has 1 N–H and O–H groups in total. The predicted octanol–water partition coefficient (Wildman–Crippen LogP) is 4.55. The average molecular weight is 277 g/mol. The second kappa shape index (κ2) is 6.92. The van der Waals surface area contributed by atoms with Crippen molar-refractivity contribution in [2.24, 2.45) is 0 Å². The summed E-state index contributed by atoms with van der Waals surface area (Å²) in [5.74, 6) is 1.10. The monoisotopic (exact) mass is 277 g/mol. The van der Waals surface area contributed by atoms with E-state index in [2.05, 4.69) is 44.3 Å². The van der Waals surface area contributed by atoms with Gasteiger partial charge in [-0.15, -0.1) is 11.3 Å². The van der Waals surface area contributed by atoms with E-state index in [9.17, 15) is 0 Å². The van der Waals surface area contributed by atoms with Crippen molar-refractivity contribution in [2.45, 2.75) is 46.1 Å². The van der Waals surface area contributed by atoms with E-state index in [0.29, 0.717) is 0 Å². The van der Waals surface area contributed by atoms with E-state index >= 15 is 0 Å². The maximum absolute atomic E-state index is 5.59. The molecule has 0 amide bonds. The first-order valence-corrected chi connectivity index (χ1v) is 8.00. The van der Waals surface area contributed by atoms with Gasteiger partial charge < -0.3 is 9.73 Å². The number of rotatable bonds is 7. The molecule has 0 aliphatic heterocycles. The molecular weight excluding hydrogens is 254 g/mol. The van der Waals surface area contributed by atoms with Gasteiger partial charge in [0, 0.05) is 21.7 Å². The molecular formula is C16H23NOS. The third-order valence-electron chi connectivity index (χ3n) is 3.33. The van der Waals surface area contributed by atoms with Crippen LogP contribution in [0.15, 0.2) is 28.9 Å². The summed E-state index contributed by atoms with van der Waals surface area (Å²) in [4.78, 5) is 2.83. The number of furan rings is 1. The standard InChI is InChI=1S/C16H23NOS/c1-4-10-17-16(13-9-11-18-14(13)6-3)15-8-7-12(5-2)19-15/h7-9,11,16-17H,4-6,10H2,1-3H3. The number of aryl methyl sites for hydroxylation is 2. The molecule has 2 rings (SSSR count). The number of thiophene rings is 1. The van der Waals surface area contributed by atoms with Crippen molar-refractivity contribution in [3.63, 3.8) is 0 Å². The van der Waals surface area contributed by atoms with Crippen molar-refractivity contribution in [1.82, 2.24) is 5.32 Å². The molecule has 0 aliphatic carbocycles. The van der Waals surface area contributed by atoms with Gasteiger partial charge in [0.25, 0.3) is 0 Å². The van der Waals surface area contributed by atoms with Gasteiger partial charge in [0.2, 0.25) is 0 Å². The van der Waals surface area contributed by atoms with Crippen LogP contribution in [0, 0.1) is 0 Å². The molecule has 104 valence electrons. The third kappa shape index (κ3) is 3.28. The first-order valence-electron chi connectivity index (χ1n) is 7.18.